The van der Waals surface area contributed by atoms with Crippen LogP contribution < -0.4 is 33.2 Å². The number of nitrogens with two attached hydrogens (primary N) is 3. The van der Waals surface area contributed by atoms with E-state index in [1.165, 1.54) is 19.8 Å². The Kier molecular flexibility index (Phi) is 29.8. The van der Waals surface area contributed by atoms with Crippen molar-refractivity contribution in [2.75, 3.05) is 65.9 Å². The van der Waals surface area contributed by atoms with E-state index in [9.17, 15) is 28.8 Å². The monoisotopic (exact) mass is 637 g/mol. The first-order valence-corrected chi connectivity index (χ1v) is 14.5. The molecule has 0 bridgehead atoms. The van der Waals surface area contributed by atoms with Crippen LogP contribution in [0.2, 0.25) is 0 Å². The fourth-order valence-corrected chi connectivity index (χ4v) is 2.90. The van der Waals surface area contributed by atoms with E-state index in [4.69, 9.17) is 17.2 Å². The lowest BCUT2D eigenvalue weighted by atomic mass is 10.2. The summed E-state index contributed by atoms with van der Waals surface area (Å²) in [5.74, 6) is -2.35. The van der Waals surface area contributed by atoms with Gasteiger partial charge >= 0.3 is 24.2 Å². The Morgan fingerprint density at radius 3 is 1.59 bits per heavy atom. The van der Waals surface area contributed by atoms with Crippen molar-refractivity contribution in [2.24, 2.45) is 17.2 Å². The summed E-state index contributed by atoms with van der Waals surface area (Å²) in [6.45, 7) is 7.94. The van der Waals surface area contributed by atoms with Crippen molar-refractivity contribution in [3.8, 4) is 0 Å². The first kappa shape index (κ1) is 42.6. The van der Waals surface area contributed by atoms with Crippen molar-refractivity contribution in [1.29, 1.82) is 0 Å². The minimum absolute atomic E-state index is 0.00391. The van der Waals surface area contributed by atoms with Crippen LogP contribution in [0.25, 0.3) is 0 Å². The SMILES string of the molecule is CC(=O)OCOC(=O)NCCCCCNCCN.CC(=O)OCOC(=O)ON1C(=O)CCC1=O.NCCCCCNCCN. The number of imide groups is 1. The Balaban J connectivity index is 0. The van der Waals surface area contributed by atoms with E-state index in [0.717, 1.165) is 71.9 Å². The average molecular weight is 638 g/mol. The molecule has 256 valence electrons. The second-order valence-corrected chi connectivity index (χ2v) is 8.92. The zero-order chi connectivity index (χ0) is 33.4. The molecule has 0 radical (unpaired) electrons. The molecule has 18 heteroatoms. The fourth-order valence-electron chi connectivity index (χ4n) is 2.90. The van der Waals surface area contributed by atoms with Gasteiger partial charge in [0.1, 0.15) is 0 Å². The van der Waals surface area contributed by atoms with Crippen LogP contribution in [0.5, 0.6) is 0 Å². The van der Waals surface area contributed by atoms with Crippen LogP contribution in [0.3, 0.4) is 0 Å². The van der Waals surface area contributed by atoms with Gasteiger partial charge in [0.25, 0.3) is 11.8 Å². The highest BCUT2D eigenvalue weighted by Crippen LogP contribution is 2.12. The molecule has 9 N–H and O–H groups in total. The Bertz CT molecular complexity index is 795. The van der Waals surface area contributed by atoms with Crippen molar-refractivity contribution >= 4 is 36.0 Å². The van der Waals surface area contributed by atoms with Gasteiger partial charge in [0.15, 0.2) is 0 Å². The number of nitrogens with zero attached hydrogens (tertiary/aromatic N) is 1. The molecule has 0 aromatic carbocycles. The summed E-state index contributed by atoms with van der Waals surface area (Å²) in [4.78, 5) is 68.9. The molecule has 0 atom stereocenters. The number of amides is 3. The Labute approximate surface area is 258 Å². The molecule has 0 unspecified atom stereocenters. The van der Waals surface area contributed by atoms with E-state index in [1.807, 2.05) is 0 Å². The third kappa shape index (κ3) is 29.9. The number of carbonyl (C=O) groups is 6. The lowest BCUT2D eigenvalue weighted by Gasteiger charge is -2.11. The Hall–Kier alpha value is -3.58. The van der Waals surface area contributed by atoms with Gasteiger partial charge in [-0.1, -0.05) is 17.9 Å². The summed E-state index contributed by atoms with van der Waals surface area (Å²) in [5.41, 5.74) is 15.9. The molecule has 0 aromatic heterocycles. The number of rotatable bonds is 20. The maximum atomic E-state index is 11.0. The van der Waals surface area contributed by atoms with Gasteiger partial charge in [-0.05, 0) is 45.3 Å². The minimum atomic E-state index is -1.29. The lowest BCUT2D eigenvalue weighted by Crippen LogP contribution is -2.32. The quantitative estimate of drug-likeness (QED) is 0.0418. The number of nitrogens with one attached hydrogen (secondary N) is 3. The molecule has 0 saturated carbocycles. The van der Waals surface area contributed by atoms with Gasteiger partial charge in [-0.15, -0.1) is 0 Å². The summed E-state index contributed by atoms with van der Waals surface area (Å²) < 4.78 is 17.6. The van der Waals surface area contributed by atoms with Crippen LogP contribution in [0.1, 0.15) is 65.2 Å². The first-order chi connectivity index (χ1) is 21.1. The van der Waals surface area contributed by atoms with Gasteiger partial charge in [-0.3, -0.25) is 24.0 Å². The zero-order valence-electron chi connectivity index (χ0n) is 25.9. The van der Waals surface area contributed by atoms with E-state index >= 15 is 0 Å². The highest BCUT2D eigenvalue weighted by Gasteiger charge is 2.33. The van der Waals surface area contributed by atoms with E-state index in [-0.39, 0.29) is 19.6 Å². The first-order valence-electron chi connectivity index (χ1n) is 14.5. The number of esters is 2. The molecule has 1 saturated heterocycles. The molecule has 1 heterocycles. The van der Waals surface area contributed by atoms with Crippen molar-refractivity contribution in [3.63, 3.8) is 0 Å². The van der Waals surface area contributed by atoms with Gasteiger partial charge in [-0.2, -0.15) is 0 Å². The fraction of sp³-hybridized carbons (Fsp3) is 0.769. The van der Waals surface area contributed by atoms with Crippen LogP contribution in [-0.2, 0) is 43.0 Å². The molecular formula is C26H51N7O11. The third-order valence-electron chi connectivity index (χ3n) is 5.06. The molecule has 0 aromatic rings. The summed E-state index contributed by atoms with van der Waals surface area (Å²) in [7, 11) is 0. The Morgan fingerprint density at radius 2 is 1.11 bits per heavy atom. The normalized spacial score (nSPS) is 11.8. The summed E-state index contributed by atoms with van der Waals surface area (Å²) in [6, 6.07) is 0. The van der Waals surface area contributed by atoms with Crippen LogP contribution in [0.4, 0.5) is 9.59 Å². The van der Waals surface area contributed by atoms with Gasteiger partial charge in [0, 0.05) is 59.4 Å². The van der Waals surface area contributed by atoms with Crippen molar-refractivity contribution in [1.82, 2.24) is 21.0 Å². The standard InChI is InChI=1S/C11H23N3O4.C8H9NO7.C7H19N3/c1-10(15)17-9-18-11(16)14-7-4-2-3-6-13-8-5-12;1-5(10)14-4-15-8(13)16-9-6(11)2-3-7(9)12;8-4-2-1-3-6-10-7-5-9/h13H,2-9,12H2,1H3,(H,14,16);2-4H2,1H3;10H,1-9H2. The maximum absolute atomic E-state index is 11.0. The second kappa shape index (κ2) is 30.9. The number of hydrogen-bond acceptors (Lipinski definition) is 16. The van der Waals surface area contributed by atoms with E-state index < -0.39 is 42.8 Å². The van der Waals surface area contributed by atoms with Gasteiger partial charge in [0.2, 0.25) is 13.6 Å². The number of unbranched alkanes of at least 4 members (excludes halogenated alkanes) is 4. The molecule has 0 spiro atoms. The second-order valence-electron chi connectivity index (χ2n) is 8.92. The number of carbonyl (C=O) groups excluding carboxylic acids is 6. The maximum Gasteiger partial charge on any atom is 0.536 e. The molecule has 3 amide bonds. The predicted octanol–water partition coefficient (Wildman–Crippen LogP) is -0.660. The molecular weight excluding hydrogens is 586 g/mol. The number of hydrogen-bond donors (Lipinski definition) is 6. The van der Waals surface area contributed by atoms with E-state index in [1.54, 1.807) is 0 Å². The highest BCUT2D eigenvalue weighted by atomic mass is 16.9. The molecule has 0 aliphatic carbocycles. The molecule has 1 aliphatic rings. The van der Waals surface area contributed by atoms with Crippen molar-refractivity contribution < 1.29 is 52.6 Å². The van der Waals surface area contributed by atoms with Crippen molar-refractivity contribution in [3.05, 3.63) is 0 Å². The lowest BCUT2D eigenvalue weighted by molar-refractivity contribution is -0.182. The van der Waals surface area contributed by atoms with Crippen LogP contribution in [0.15, 0.2) is 0 Å². The third-order valence-corrected chi connectivity index (χ3v) is 5.06. The predicted molar refractivity (Wildman–Crippen MR) is 157 cm³/mol. The summed E-state index contributed by atoms with van der Waals surface area (Å²) in [6.07, 6.45) is 4.67. The van der Waals surface area contributed by atoms with Gasteiger partial charge < -0.3 is 52.1 Å². The molecule has 44 heavy (non-hydrogen) atoms. The molecule has 18 nitrogen and oxygen atoms in total. The number of alkyl carbamates (subject to hydrolysis) is 1. The van der Waals surface area contributed by atoms with Crippen LogP contribution in [0, 0.1) is 0 Å². The smallest absolute Gasteiger partial charge is 0.428 e. The van der Waals surface area contributed by atoms with Crippen LogP contribution in [-0.4, -0.2) is 107 Å². The minimum Gasteiger partial charge on any atom is -0.428 e. The number of hydroxylamine groups is 2. The average Bonchev–Trinajstić information content (AvgIpc) is 3.28. The number of ether oxygens (including phenoxy) is 4. The molecule has 1 fully saturated rings. The topological polar surface area (TPSA) is 266 Å². The van der Waals surface area contributed by atoms with E-state index in [0.29, 0.717) is 18.2 Å². The largest absolute Gasteiger partial charge is 0.536 e. The molecule has 1 rings (SSSR count). The Morgan fingerprint density at radius 1 is 0.636 bits per heavy atom. The van der Waals surface area contributed by atoms with Gasteiger partial charge in [0.05, 0.1) is 0 Å². The van der Waals surface area contributed by atoms with E-state index in [2.05, 4.69) is 39.7 Å². The van der Waals surface area contributed by atoms with Crippen molar-refractivity contribution in [2.45, 2.75) is 65.2 Å². The molecule has 1 aliphatic heterocycles. The van der Waals surface area contributed by atoms with Gasteiger partial charge in [-0.25, -0.2) is 9.59 Å². The summed E-state index contributed by atoms with van der Waals surface area (Å²) >= 11 is 0. The highest BCUT2D eigenvalue weighted by molar-refractivity contribution is 6.01. The zero-order valence-corrected chi connectivity index (χ0v) is 25.9. The summed E-state index contributed by atoms with van der Waals surface area (Å²) in [5, 5.41) is 9.31. The van der Waals surface area contributed by atoms with Crippen LogP contribution >= 0.6 is 0 Å².